The zero-order chi connectivity index (χ0) is 32.0. The first-order valence-electron chi connectivity index (χ1n) is 15.5. The average molecular weight is 632 g/mol. The zero-order valence-electron chi connectivity index (χ0n) is 26.7. The Balaban J connectivity index is 1.35. The van der Waals surface area contributed by atoms with Gasteiger partial charge >= 0.3 is 0 Å². The van der Waals surface area contributed by atoms with Crippen molar-refractivity contribution in [3.63, 3.8) is 0 Å². The molecule has 7 aromatic rings. The summed E-state index contributed by atoms with van der Waals surface area (Å²) < 4.78 is 11.6. The summed E-state index contributed by atoms with van der Waals surface area (Å²) in [6.45, 7) is 12.0. The number of para-hydroxylation sites is 1. The molecule has 0 bridgehead atoms. The standard InChI is InChI=1S/C34H37N9O2Si/c1-22-14-15-42-30(22)34(44)43(24-10-7-6-8-11-24)32(40-42)23(2)38-31-29-27(25-12-9-13-28-26(25)18-37-39-28)19-41(33(29)36-20-35-31)21-45-16-17-46(3,4)5/h6-15,18-20,23H,16-17,21H2,1-5H3,(H,37,39)(H,35,36,38). The fourth-order valence-corrected chi connectivity index (χ4v) is 6.64. The third kappa shape index (κ3) is 5.39. The number of hydrogen-bond donors (Lipinski definition) is 2. The van der Waals surface area contributed by atoms with Gasteiger partial charge in [-0.3, -0.25) is 14.5 Å². The van der Waals surface area contributed by atoms with E-state index >= 15 is 0 Å². The number of nitrogens with one attached hydrogen (secondary N) is 2. The predicted molar refractivity (Wildman–Crippen MR) is 184 cm³/mol. The van der Waals surface area contributed by atoms with Gasteiger partial charge in [-0.2, -0.15) is 10.2 Å². The van der Waals surface area contributed by atoms with Gasteiger partial charge in [-0.25, -0.2) is 14.5 Å². The molecule has 1 atom stereocenters. The third-order valence-corrected chi connectivity index (χ3v) is 10.0. The average Bonchev–Trinajstić information content (AvgIpc) is 3.77. The van der Waals surface area contributed by atoms with Gasteiger partial charge in [-0.05, 0) is 55.3 Å². The first-order chi connectivity index (χ1) is 22.2. The fourth-order valence-electron chi connectivity index (χ4n) is 5.89. The van der Waals surface area contributed by atoms with E-state index in [2.05, 4.69) is 47.4 Å². The number of ether oxygens (including phenoxy) is 1. The number of aromatic nitrogens is 8. The second-order valence-electron chi connectivity index (χ2n) is 12.9. The Hall–Kier alpha value is -5.07. The lowest BCUT2D eigenvalue weighted by Crippen LogP contribution is -2.29. The highest BCUT2D eigenvalue weighted by atomic mass is 28.3. The normalized spacial score (nSPS) is 12.8. The van der Waals surface area contributed by atoms with Gasteiger partial charge in [0.05, 0.1) is 28.8 Å². The molecule has 0 aliphatic heterocycles. The summed E-state index contributed by atoms with van der Waals surface area (Å²) in [7, 11) is -1.24. The van der Waals surface area contributed by atoms with Gasteiger partial charge in [0, 0.05) is 38.0 Å². The number of H-pyrrole nitrogens is 1. The number of hydrogen-bond acceptors (Lipinski definition) is 7. The Kier molecular flexibility index (Phi) is 7.53. The number of fused-ring (bicyclic) bond motifs is 3. The van der Waals surface area contributed by atoms with Crippen LogP contribution in [0.2, 0.25) is 25.7 Å². The summed E-state index contributed by atoms with van der Waals surface area (Å²) in [5, 5.41) is 17.8. The summed E-state index contributed by atoms with van der Waals surface area (Å²) >= 11 is 0. The lowest BCUT2D eigenvalue weighted by molar-refractivity contribution is 0.0899. The molecule has 0 spiro atoms. The monoisotopic (exact) mass is 631 g/mol. The van der Waals surface area contributed by atoms with Crippen LogP contribution in [0, 0.1) is 6.92 Å². The molecule has 0 aliphatic rings. The summed E-state index contributed by atoms with van der Waals surface area (Å²) in [5.41, 5.74) is 5.68. The highest BCUT2D eigenvalue weighted by molar-refractivity contribution is 6.76. The van der Waals surface area contributed by atoms with Crippen molar-refractivity contribution in [2.75, 3.05) is 11.9 Å². The molecule has 2 aromatic carbocycles. The molecule has 0 amide bonds. The largest absolute Gasteiger partial charge is 0.361 e. The van der Waals surface area contributed by atoms with Crippen LogP contribution in [0.5, 0.6) is 0 Å². The first kappa shape index (κ1) is 29.6. The lowest BCUT2D eigenvalue weighted by atomic mass is 10.0. The van der Waals surface area contributed by atoms with Crippen LogP contribution in [-0.4, -0.2) is 53.6 Å². The van der Waals surface area contributed by atoms with Gasteiger partial charge in [-0.15, -0.1) is 0 Å². The summed E-state index contributed by atoms with van der Waals surface area (Å²) in [5.74, 6) is 1.19. The van der Waals surface area contributed by atoms with Gasteiger partial charge < -0.3 is 14.6 Å². The van der Waals surface area contributed by atoms with Crippen molar-refractivity contribution in [2.24, 2.45) is 0 Å². The van der Waals surface area contributed by atoms with Crippen molar-refractivity contribution in [3.05, 3.63) is 101 Å². The smallest absolute Gasteiger partial charge is 0.282 e. The molecule has 0 radical (unpaired) electrons. The van der Waals surface area contributed by atoms with Gasteiger partial charge in [0.25, 0.3) is 5.56 Å². The number of anilines is 1. The topological polar surface area (TPSA) is 120 Å². The van der Waals surface area contributed by atoms with Crippen LogP contribution in [0.25, 0.3) is 44.3 Å². The predicted octanol–water partition coefficient (Wildman–Crippen LogP) is 6.57. The molecule has 0 fully saturated rings. The first-order valence-corrected chi connectivity index (χ1v) is 19.2. The van der Waals surface area contributed by atoms with E-state index in [9.17, 15) is 4.79 Å². The molecule has 1 unspecified atom stereocenters. The minimum absolute atomic E-state index is 0.130. The number of aryl methyl sites for hydroxylation is 1. The molecular formula is C34H37N9O2Si. The molecule has 5 heterocycles. The maximum Gasteiger partial charge on any atom is 0.282 e. The van der Waals surface area contributed by atoms with Crippen LogP contribution >= 0.6 is 0 Å². The van der Waals surface area contributed by atoms with Crippen LogP contribution in [-0.2, 0) is 11.5 Å². The van der Waals surface area contributed by atoms with Crippen LogP contribution in [0.4, 0.5) is 5.82 Å². The quantitative estimate of drug-likeness (QED) is 0.129. The Morgan fingerprint density at radius 2 is 1.85 bits per heavy atom. The Bertz CT molecular complexity index is 2240. The van der Waals surface area contributed by atoms with E-state index < -0.39 is 14.1 Å². The molecule has 11 nitrogen and oxygen atoms in total. The molecule has 234 valence electrons. The SMILES string of the molecule is Cc1ccn2nc(C(C)Nc3ncnc4c3c(-c3cccc5[nH]ncc35)cn4COCC[Si](C)(C)C)n(-c3ccccc3)c(=O)c12. The van der Waals surface area contributed by atoms with Crippen molar-refractivity contribution in [2.45, 2.75) is 52.3 Å². The second kappa shape index (κ2) is 11.7. The number of nitrogens with zero attached hydrogens (tertiary/aromatic N) is 7. The second-order valence-corrected chi connectivity index (χ2v) is 18.5. The highest BCUT2D eigenvalue weighted by Crippen LogP contribution is 2.38. The molecule has 0 saturated heterocycles. The Morgan fingerprint density at radius 3 is 2.65 bits per heavy atom. The Morgan fingerprint density at radius 1 is 1.02 bits per heavy atom. The van der Waals surface area contributed by atoms with Crippen LogP contribution < -0.4 is 10.9 Å². The number of rotatable bonds is 10. The van der Waals surface area contributed by atoms with Crippen LogP contribution in [0.3, 0.4) is 0 Å². The Labute approximate surface area is 266 Å². The third-order valence-electron chi connectivity index (χ3n) is 8.32. The molecule has 46 heavy (non-hydrogen) atoms. The van der Waals surface area contributed by atoms with Crippen molar-refractivity contribution < 1.29 is 4.74 Å². The van der Waals surface area contributed by atoms with Gasteiger partial charge in [0.15, 0.2) is 5.82 Å². The molecule has 5 aromatic heterocycles. The van der Waals surface area contributed by atoms with Crippen LogP contribution in [0.15, 0.2) is 84.3 Å². The number of benzene rings is 2. The van der Waals surface area contributed by atoms with Gasteiger partial charge in [0.2, 0.25) is 0 Å². The minimum Gasteiger partial charge on any atom is -0.361 e. The van der Waals surface area contributed by atoms with E-state index in [-0.39, 0.29) is 5.56 Å². The summed E-state index contributed by atoms with van der Waals surface area (Å²) in [6.07, 6.45) is 7.31. The molecule has 12 heteroatoms. The summed E-state index contributed by atoms with van der Waals surface area (Å²) in [4.78, 5) is 23.4. The van der Waals surface area contributed by atoms with Crippen molar-refractivity contribution >= 4 is 41.3 Å². The van der Waals surface area contributed by atoms with E-state index in [0.717, 1.165) is 50.4 Å². The molecule has 0 saturated carbocycles. The molecular weight excluding hydrogens is 595 g/mol. The highest BCUT2D eigenvalue weighted by Gasteiger charge is 2.24. The van der Waals surface area contributed by atoms with E-state index in [0.29, 0.717) is 30.5 Å². The van der Waals surface area contributed by atoms with Gasteiger partial charge in [0.1, 0.15) is 30.0 Å². The summed E-state index contributed by atoms with van der Waals surface area (Å²) in [6, 6.07) is 18.3. The number of aromatic amines is 1. The van der Waals surface area contributed by atoms with E-state index in [1.54, 1.807) is 15.4 Å². The molecule has 2 N–H and O–H groups in total. The van der Waals surface area contributed by atoms with Crippen molar-refractivity contribution in [1.29, 1.82) is 0 Å². The maximum atomic E-state index is 14.0. The van der Waals surface area contributed by atoms with Crippen molar-refractivity contribution in [1.82, 2.24) is 38.9 Å². The van der Waals surface area contributed by atoms with Crippen molar-refractivity contribution in [3.8, 4) is 16.8 Å². The maximum absolute atomic E-state index is 14.0. The lowest BCUT2D eigenvalue weighted by Gasteiger charge is -2.20. The van der Waals surface area contributed by atoms with Crippen LogP contribution in [0.1, 0.15) is 24.4 Å². The molecule has 7 rings (SSSR count). The minimum atomic E-state index is -1.24. The fraction of sp³-hybridized carbons (Fsp3) is 0.265. The van der Waals surface area contributed by atoms with E-state index in [1.165, 1.54) is 0 Å². The molecule has 0 aliphatic carbocycles. The van der Waals surface area contributed by atoms with Gasteiger partial charge in [-0.1, -0.05) is 50.0 Å². The van der Waals surface area contributed by atoms with E-state index in [1.807, 2.05) is 79.3 Å². The zero-order valence-corrected chi connectivity index (χ0v) is 27.7. The van der Waals surface area contributed by atoms with E-state index in [4.69, 9.17) is 19.8 Å².